The zero-order valence-corrected chi connectivity index (χ0v) is 13.0. The fourth-order valence-corrected chi connectivity index (χ4v) is 2.70. The Balaban J connectivity index is 2.42. The number of benzene rings is 1. The molecule has 19 heavy (non-hydrogen) atoms. The van der Waals surface area contributed by atoms with E-state index < -0.39 is 0 Å². The van der Waals surface area contributed by atoms with Gasteiger partial charge in [0.15, 0.2) is 0 Å². The molecule has 0 radical (unpaired) electrons. The van der Waals surface area contributed by atoms with Crippen LogP contribution >= 0.6 is 0 Å². The Morgan fingerprint density at radius 1 is 0.947 bits per heavy atom. The average molecular weight is 261 g/mol. The zero-order chi connectivity index (χ0) is 13.9. The second-order valence-corrected chi connectivity index (χ2v) is 5.74. The molecule has 0 aliphatic heterocycles. The van der Waals surface area contributed by atoms with Crippen molar-refractivity contribution < 1.29 is 0 Å². The van der Waals surface area contributed by atoms with Crippen molar-refractivity contribution in [3.8, 4) is 0 Å². The first-order chi connectivity index (χ1) is 9.27. The van der Waals surface area contributed by atoms with Crippen LogP contribution in [0.3, 0.4) is 0 Å². The summed E-state index contributed by atoms with van der Waals surface area (Å²) < 4.78 is 0. The van der Waals surface area contributed by atoms with Gasteiger partial charge in [-0.2, -0.15) is 0 Å². The molecule has 1 N–H and O–H groups in total. The Hall–Kier alpha value is -0.820. The molecule has 1 aromatic rings. The van der Waals surface area contributed by atoms with Gasteiger partial charge < -0.3 is 5.32 Å². The number of rotatable bonds is 10. The molecule has 0 aliphatic rings. The summed E-state index contributed by atoms with van der Waals surface area (Å²) in [5, 5.41) is 3.69. The normalized spacial score (nSPS) is 14.3. The van der Waals surface area contributed by atoms with E-state index in [0.29, 0.717) is 6.04 Å². The molecule has 0 saturated heterocycles. The van der Waals surface area contributed by atoms with Gasteiger partial charge in [-0.1, -0.05) is 76.8 Å². The van der Waals surface area contributed by atoms with Gasteiger partial charge in [0.1, 0.15) is 0 Å². The van der Waals surface area contributed by atoms with E-state index in [1.165, 1.54) is 44.1 Å². The third kappa shape index (κ3) is 6.77. The molecule has 2 atom stereocenters. The van der Waals surface area contributed by atoms with E-state index in [4.69, 9.17) is 0 Å². The van der Waals surface area contributed by atoms with Crippen molar-refractivity contribution in [1.29, 1.82) is 0 Å². The fraction of sp³-hybridized carbons (Fsp3) is 0.667. The second-order valence-electron chi connectivity index (χ2n) is 5.74. The Bertz CT molecular complexity index is 307. The fourth-order valence-electron chi connectivity index (χ4n) is 2.70. The minimum atomic E-state index is 0.537. The molecule has 0 fully saturated rings. The molecular weight excluding hydrogens is 230 g/mol. The van der Waals surface area contributed by atoms with Gasteiger partial charge in [-0.05, 0) is 30.9 Å². The lowest BCUT2D eigenvalue weighted by Gasteiger charge is -2.20. The van der Waals surface area contributed by atoms with Crippen molar-refractivity contribution in [2.75, 3.05) is 6.54 Å². The summed E-state index contributed by atoms with van der Waals surface area (Å²) in [6.07, 6.45) is 7.85. The van der Waals surface area contributed by atoms with Crippen LogP contribution in [0.2, 0.25) is 0 Å². The second kappa shape index (κ2) is 10.0. The van der Waals surface area contributed by atoms with E-state index in [9.17, 15) is 0 Å². The highest BCUT2D eigenvalue weighted by Gasteiger charge is 2.10. The van der Waals surface area contributed by atoms with E-state index in [-0.39, 0.29) is 0 Å². The van der Waals surface area contributed by atoms with Gasteiger partial charge in [0.2, 0.25) is 0 Å². The molecule has 1 rings (SSSR count). The highest BCUT2D eigenvalue weighted by atomic mass is 14.9. The van der Waals surface area contributed by atoms with E-state index in [1.807, 2.05) is 0 Å². The van der Waals surface area contributed by atoms with E-state index in [0.717, 1.165) is 12.5 Å². The van der Waals surface area contributed by atoms with Gasteiger partial charge in [-0.3, -0.25) is 0 Å². The maximum absolute atomic E-state index is 3.69. The molecule has 0 bridgehead atoms. The van der Waals surface area contributed by atoms with Crippen LogP contribution in [-0.2, 0) is 0 Å². The van der Waals surface area contributed by atoms with Gasteiger partial charge in [0, 0.05) is 6.04 Å². The van der Waals surface area contributed by atoms with E-state index in [1.54, 1.807) is 0 Å². The van der Waals surface area contributed by atoms with Crippen molar-refractivity contribution in [2.24, 2.45) is 5.92 Å². The van der Waals surface area contributed by atoms with Crippen LogP contribution in [0.15, 0.2) is 30.3 Å². The predicted molar refractivity (Wildman–Crippen MR) is 85.4 cm³/mol. The molecule has 2 unspecified atom stereocenters. The number of hydrogen-bond acceptors (Lipinski definition) is 1. The van der Waals surface area contributed by atoms with Gasteiger partial charge in [-0.15, -0.1) is 0 Å². The van der Waals surface area contributed by atoms with E-state index >= 15 is 0 Å². The molecule has 1 aromatic carbocycles. The summed E-state index contributed by atoms with van der Waals surface area (Å²) in [6, 6.07) is 11.4. The lowest BCUT2D eigenvalue weighted by Crippen LogP contribution is -2.22. The average Bonchev–Trinajstić information content (AvgIpc) is 2.44. The molecule has 1 nitrogen and oxygen atoms in total. The lowest BCUT2D eigenvalue weighted by atomic mass is 9.95. The van der Waals surface area contributed by atoms with Crippen LogP contribution in [0.25, 0.3) is 0 Å². The van der Waals surface area contributed by atoms with Crippen LogP contribution in [0.1, 0.15) is 70.9 Å². The SMILES string of the molecule is CCCNC(CCCC(C)CCC)c1ccccc1. The van der Waals surface area contributed by atoms with Crippen LogP contribution in [0.4, 0.5) is 0 Å². The van der Waals surface area contributed by atoms with Crippen LogP contribution in [-0.4, -0.2) is 6.54 Å². The summed E-state index contributed by atoms with van der Waals surface area (Å²) >= 11 is 0. The molecule has 0 saturated carbocycles. The minimum absolute atomic E-state index is 0.537. The van der Waals surface area contributed by atoms with Gasteiger partial charge in [0.25, 0.3) is 0 Å². The maximum Gasteiger partial charge on any atom is 0.0320 e. The van der Waals surface area contributed by atoms with Gasteiger partial charge in [-0.25, -0.2) is 0 Å². The van der Waals surface area contributed by atoms with Crippen LogP contribution < -0.4 is 5.32 Å². The summed E-state index contributed by atoms with van der Waals surface area (Å²) in [5.74, 6) is 0.882. The smallest absolute Gasteiger partial charge is 0.0320 e. The quantitative estimate of drug-likeness (QED) is 0.600. The third-order valence-electron chi connectivity index (χ3n) is 3.81. The zero-order valence-electron chi connectivity index (χ0n) is 13.0. The Kier molecular flexibility index (Phi) is 8.57. The molecule has 0 aliphatic carbocycles. The van der Waals surface area contributed by atoms with Crippen LogP contribution in [0.5, 0.6) is 0 Å². The molecule has 108 valence electrons. The number of hydrogen-bond donors (Lipinski definition) is 1. The summed E-state index contributed by atoms with van der Waals surface area (Å²) in [7, 11) is 0. The van der Waals surface area contributed by atoms with Crippen molar-refractivity contribution in [2.45, 2.75) is 65.3 Å². The molecule has 0 spiro atoms. The first-order valence-corrected chi connectivity index (χ1v) is 8.06. The highest BCUT2D eigenvalue weighted by molar-refractivity contribution is 5.18. The first-order valence-electron chi connectivity index (χ1n) is 8.06. The minimum Gasteiger partial charge on any atom is -0.310 e. The Labute approximate surface area is 119 Å². The molecule has 0 aromatic heterocycles. The highest BCUT2D eigenvalue weighted by Crippen LogP contribution is 2.22. The van der Waals surface area contributed by atoms with E-state index in [2.05, 4.69) is 56.4 Å². The van der Waals surface area contributed by atoms with Crippen molar-refractivity contribution >= 4 is 0 Å². The lowest BCUT2D eigenvalue weighted by molar-refractivity contribution is 0.418. The van der Waals surface area contributed by atoms with Crippen LogP contribution in [0, 0.1) is 5.92 Å². The summed E-state index contributed by atoms with van der Waals surface area (Å²) in [4.78, 5) is 0. The predicted octanol–water partition coefficient (Wildman–Crippen LogP) is 5.33. The summed E-state index contributed by atoms with van der Waals surface area (Å²) in [6.45, 7) is 8.02. The number of nitrogens with one attached hydrogen (secondary N) is 1. The molecule has 0 amide bonds. The summed E-state index contributed by atoms with van der Waals surface area (Å²) in [5.41, 5.74) is 1.44. The van der Waals surface area contributed by atoms with Crippen molar-refractivity contribution in [3.05, 3.63) is 35.9 Å². The molecule has 1 heteroatoms. The van der Waals surface area contributed by atoms with Gasteiger partial charge in [0.05, 0.1) is 0 Å². The third-order valence-corrected chi connectivity index (χ3v) is 3.81. The molecular formula is C18H31N. The Morgan fingerprint density at radius 2 is 1.68 bits per heavy atom. The van der Waals surface area contributed by atoms with Gasteiger partial charge >= 0.3 is 0 Å². The maximum atomic E-state index is 3.69. The Morgan fingerprint density at radius 3 is 2.32 bits per heavy atom. The first kappa shape index (κ1) is 16.2. The standard InChI is InChI=1S/C18H31N/c1-4-10-16(3)11-9-14-18(19-15-5-2)17-12-7-6-8-13-17/h6-8,12-13,16,18-19H,4-5,9-11,14-15H2,1-3H3. The topological polar surface area (TPSA) is 12.0 Å². The largest absolute Gasteiger partial charge is 0.310 e. The van der Waals surface area contributed by atoms with Crippen molar-refractivity contribution in [1.82, 2.24) is 5.32 Å². The molecule has 0 heterocycles. The van der Waals surface area contributed by atoms with Crippen molar-refractivity contribution in [3.63, 3.8) is 0 Å². The monoisotopic (exact) mass is 261 g/mol.